The number of hydrogen-bond acceptors (Lipinski definition) is 3. The van der Waals surface area contributed by atoms with Crippen LogP contribution >= 0.6 is 0 Å². The smallest absolute Gasteiger partial charge is 0.269 e. The van der Waals surface area contributed by atoms with Gasteiger partial charge in [0.25, 0.3) is 5.91 Å². The van der Waals surface area contributed by atoms with Crippen LogP contribution in [0.5, 0.6) is 0 Å². The first-order chi connectivity index (χ1) is 9.16. The Kier molecular flexibility index (Phi) is 4.13. The van der Waals surface area contributed by atoms with Crippen LogP contribution in [-0.2, 0) is 6.42 Å². The molecule has 1 heterocycles. The average molecular weight is 255 g/mol. The van der Waals surface area contributed by atoms with E-state index in [-0.39, 0.29) is 5.91 Å². The first kappa shape index (κ1) is 13.1. The van der Waals surface area contributed by atoms with E-state index in [4.69, 9.17) is 5.73 Å². The Bertz CT molecular complexity index is 581. The third-order valence-corrected chi connectivity index (χ3v) is 2.96. The Morgan fingerprint density at radius 1 is 1.32 bits per heavy atom. The van der Waals surface area contributed by atoms with Crippen molar-refractivity contribution in [3.63, 3.8) is 0 Å². The number of anilines is 1. The molecule has 0 fully saturated rings. The number of nitrogens with two attached hydrogens (primary N) is 1. The topological polar surface area (TPSA) is 68.0 Å². The molecule has 19 heavy (non-hydrogen) atoms. The van der Waals surface area contributed by atoms with Gasteiger partial charge in [-0.3, -0.25) is 9.78 Å². The summed E-state index contributed by atoms with van der Waals surface area (Å²) in [5.41, 5.74) is 8.98. The normalized spacial score (nSPS) is 10.2. The molecule has 3 N–H and O–H groups in total. The number of aryl methyl sites for hydroxylation is 1. The van der Waals surface area contributed by atoms with Gasteiger partial charge in [0.15, 0.2) is 0 Å². The molecule has 1 aromatic heterocycles. The second-order valence-electron chi connectivity index (χ2n) is 4.41. The van der Waals surface area contributed by atoms with E-state index in [0.717, 1.165) is 6.42 Å². The lowest BCUT2D eigenvalue weighted by Crippen LogP contribution is -2.26. The first-order valence-corrected chi connectivity index (χ1v) is 6.21. The minimum atomic E-state index is -0.194. The molecule has 1 amide bonds. The fourth-order valence-corrected chi connectivity index (χ4v) is 1.86. The van der Waals surface area contributed by atoms with Crippen LogP contribution in [0.1, 0.15) is 21.6 Å². The van der Waals surface area contributed by atoms with Gasteiger partial charge in [-0.25, -0.2) is 0 Å². The zero-order chi connectivity index (χ0) is 13.7. The van der Waals surface area contributed by atoms with Gasteiger partial charge in [0.1, 0.15) is 5.69 Å². The fraction of sp³-hybridized carbons (Fsp3) is 0.200. The summed E-state index contributed by atoms with van der Waals surface area (Å²) in [4.78, 5) is 15.8. The number of rotatable bonds is 4. The molecule has 4 nitrogen and oxygen atoms in total. The van der Waals surface area contributed by atoms with Crippen molar-refractivity contribution >= 4 is 11.6 Å². The maximum Gasteiger partial charge on any atom is 0.269 e. The molecule has 0 aliphatic heterocycles. The summed E-state index contributed by atoms with van der Waals surface area (Å²) < 4.78 is 0. The third kappa shape index (κ3) is 3.55. The highest BCUT2D eigenvalue weighted by atomic mass is 16.1. The second-order valence-corrected chi connectivity index (χ2v) is 4.41. The summed E-state index contributed by atoms with van der Waals surface area (Å²) in [6.45, 7) is 2.65. The quantitative estimate of drug-likeness (QED) is 0.877. The van der Waals surface area contributed by atoms with Gasteiger partial charge in [-0.1, -0.05) is 24.3 Å². The van der Waals surface area contributed by atoms with E-state index in [1.165, 1.54) is 17.3 Å². The van der Waals surface area contributed by atoms with Gasteiger partial charge in [0.2, 0.25) is 0 Å². The lowest BCUT2D eigenvalue weighted by Gasteiger charge is -2.07. The number of carbonyl (C=O) groups is 1. The van der Waals surface area contributed by atoms with Gasteiger partial charge >= 0.3 is 0 Å². The zero-order valence-corrected chi connectivity index (χ0v) is 10.9. The van der Waals surface area contributed by atoms with Gasteiger partial charge in [-0.05, 0) is 36.6 Å². The minimum Gasteiger partial charge on any atom is -0.399 e. The molecule has 0 bridgehead atoms. The monoisotopic (exact) mass is 255 g/mol. The lowest BCUT2D eigenvalue weighted by molar-refractivity contribution is 0.0949. The molecule has 0 radical (unpaired) electrons. The molecule has 0 saturated carbocycles. The molecule has 0 aliphatic carbocycles. The van der Waals surface area contributed by atoms with Gasteiger partial charge < -0.3 is 11.1 Å². The average Bonchev–Trinajstić information content (AvgIpc) is 2.41. The molecular weight excluding hydrogens is 238 g/mol. The predicted molar refractivity (Wildman–Crippen MR) is 75.9 cm³/mol. The number of amides is 1. The molecule has 4 heteroatoms. The summed E-state index contributed by atoms with van der Waals surface area (Å²) in [5.74, 6) is -0.194. The minimum absolute atomic E-state index is 0.194. The lowest BCUT2D eigenvalue weighted by atomic mass is 10.1. The van der Waals surface area contributed by atoms with Gasteiger partial charge in [0, 0.05) is 18.4 Å². The fourth-order valence-electron chi connectivity index (χ4n) is 1.86. The van der Waals surface area contributed by atoms with Gasteiger partial charge in [0.05, 0.1) is 0 Å². The van der Waals surface area contributed by atoms with Crippen LogP contribution in [0.15, 0.2) is 42.6 Å². The summed E-state index contributed by atoms with van der Waals surface area (Å²) in [6, 6.07) is 11.4. The summed E-state index contributed by atoms with van der Waals surface area (Å²) >= 11 is 0. The van der Waals surface area contributed by atoms with Crippen molar-refractivity contribution in [3.05, 3.63) is 59.4 Å². The van der Waals surface area contributed by atoms with Crippen molar-refractivity contribution in [2.45, 2.75) is 13.3 Å². The summed E-state index contributed by atoms with van der Waals surface area (Å²) in [7, 11) is 0. The zero-order valence-electron chi connectivity index (χ0n) is 10.9. The molecule has 0 atom stereocenters. The second kappa shape index (κ2) is 6.00. The van der Waals surface area contributed by atoms with Crippen LogP contribution < -0.4 is 11.1 Å². The molecule has 98 valence electrons. The van der Waals surface area contributed by atoms with Crippen LogP contribution in [0, 0.1) is 6.92 Å². The van der Waals surface area contributed by atoms with E-state index < -0.39 is 0 Å². The van der Waals surface area contributed by atoms with E-state index in [1.807, 2.05) is 12.1 Å². The van der Waals surface area contributed by atoms with E-state index in [2.05, 4.69) is 29.4 Å². The van der Waals surface area contributed by atoms with Crippen LogP contribution in [0.4, 0.5) is 5.69 Å². The van der Waals surface area contributed by atoms with Crippen LogP contribution in [0.3, 0.4) is 0 Å². The number of nitrogens with one attached hydrogen (secondary N) is 1. The van der Waals surface area contributed by atoms with Crippen molar-refractivity contribution in [1.82, 2.24) is 10.3 Å². The van der Waals surface area contributed by atoms with Crippen molar-refractivity contribution in [2.75, 3.05) is 12.3 Å². The Morgan fingerprint density at radius 3 is 2.84 bits per heavy atom. The van der Waals surface area contributed by atoms with E-state index in [1.54, 1.807) is 12.1 Å². The number of nitrogen functional groups attached to an aromatic ring is 1. The molecule has 0 spiro atoms. The first-order valence-electron chi connectivity index (χ1n) is 6.21. The molecule has 0 saturated heterocycles. The highest BCUT2D eigenvalue weighted by Gasteiger charge is 2.06. The largest absolute Gasteiger partial charge is 0.399 e. The Balaban J connectivity index is 1.90. The van der Waals surface area contributed by atoms with Crippen molar-refractivity contribution < 1.29 is 4.79 Å². The highest BCUT2D eigenvalue weighted by Crippen LogP contribution is 2.07. The number of aromatic nitrogens is 1. The summed E-state index contributed by atoms with van der Waals surface area (Å²) in [6.07, 6.45) is 2.34. The SMILES string of the molecule is Cc1ccccc1CCNC(=O)c1cc(N)ccn1. The molecule has 0 unspecified atom stereocenters. The predicted octanol–water partition coefficient (Wildman–Crippen LogP) is 1.94. The molecule has 2 aromatic rings. The van der Waals surface area contributed by atoms with Crippen LogP contribution in [-0.4, -0.2) is 17.4 Å². The number of carbonyl (C=O) groups excluding carboxylic acids is 1. The van der Waals surface area contributed by atoms with Crippen LogP contribution in [0.2, 0.25) is 0 Å². The molecule has 1 aromatic carbocycles. The van der Waals surface area contributed by atoms with Crippen molar-refractivity contribution in [3.8, 4) is 0 Å². The number of hydrogen-bond donors (Lipinski definition) is 2. The van der Waals surface area contributed by atoms with E-state index in [9.17, 15) is 4.79 Å². The maximum absolute atomic E-state index is 11.8. The van der Waals surface area contributed by atoms with Crippen molar-refractivity contribution in [1.29, 1.82) is 0 Å². The standard InChI is InChI=1S/C15H17N3O/c1-11-4-2-3-5-12(11)6-8-18-15(19)14-10-13(16)7-9-17-14/h2-5,7,9-10H,6,8H2,1H3,(H2,16,17)(H,18,19). The van der Waals surface area contributed by atoms with E-state index >= 15 is 0 Å². The molecule has 0 aliphatic rings. The van der Waals surface area contributed by atoms with E-state index in [0.29, 0.717) is 17.9 Å². The number of nitrogens with zero attached hydrogens (tertiary/aromatic N) is 1. The maximum atomic E-state index is 11.8. The molecular formula is C15H17N3O. The van der Waals surface area contributed by atoms with Gasteiger partial charge in [-0.15, -0.1) is 0 Å². The Labute approximate surface area is 112 Å². The number of benzene rings is 1. The Hall–Kier alpha value is -2.36. The summed E-state index contributed by atoms with van der Waals surface area (Å²) in [5, 5.41) is 2.84. The van der Waals surface area contributed by atoms with Crippen molar-refractivity contribution in [2.24, 2.45) is 0 Å². The third-order valence-electron chi connectivity index (χ3n) is 2.96. The molecule has 2 rings (SSSR count). The Morgan fingerprint density at radius 2 is 2.11 bits per heavy atom. The number of pyridine rings is 1. The highest BCUT2D eigenvalue weighted by molar-refractivity contribution is 5.92. The van der Waals surface area contributed by atoms with Crippen LogP contribution in [0.25, 0.3) is 0 Å². The van der Waals surface area contributed by atoms with Gasteiger partial charge in [-0.2, -0.15) is 0 Å².